The van der Waals surface area contributed by atoms with Gasteiger partial charge in [0, 0.05) is 5.56 Å². The van der Waals surface area contributed by atoms with Gasteiger partial charge in [0.1, 0.15) is 17.1 Å². The third kappa shape index (κ3) is 1.64. The Morgan fingerprint density at radius 2 is 1.89 bits per heavy atom. The molecule has 0 saturated heterocycles. The van der Waals surface area contributed by atoms with Gasteiger partial charge < -0.3 is 19.7 Å². The molecule has 4 nitrogen and oxygen atoms in total. The maximum absolute atomic E-state index is 11.1. The maximum atomic E-state index is 11.1. The number of hydrogen-bond donors (Lipinski definition) is 1. The topological polar surface area (TPSA) is 69.6 Å². The summed E-state index contributed by atoms with van der Waals surface area (Å²) in [6.07, 6.45) is 0.922. The largest absolute Gasteiger partial charge is 0.546 e. The van der Waals surface area contributed by atoms with Crippen LogP contribution in [0.2, 0.25) is 0 Å². The lowest BCUT2D eigenvalue weighted by atomic mass is 9.87. The molecule has 1 N–H and O–H groups in total. The molecule has 1 aromatic carbocycles. The number of phenols is 1. The molecule has 0 fully saturated rings. The average Bonchev–Trinajstić information content (AvgIpc) is 2.33. The van der Waals surface area contributed by atoms with Crippen molar-refractivity contribution in [1.29, 1.82) is 0 Å². The van der Waals surface area contributed by atoms with Crippen molar-refractivity contribution < 1.29 is 19.7 Å². The van der Waals surface area contributed by atoms with Crippen molar-refractivity contribution in [2.75, 3.05) is 0 Å². The number of carboxylic acids is 1. The molecule has 0 amide bonds. The highest BCUT2D eigenvalue weighted by Gasteiger charge is 2.35. The minimum Gasteiger partial charge on any atom is -0.546 e. The van der Waals surface area contributed by atoms with Gasteiger partial charge in [0.05, 0.1) is 5.97 Å². The van der Waals surface area contributed by atoms with Crippen molar-refractivity contribution in [3.8, 4) is 11.5 Å². The number of carbonyl (C=O) groups is 1. The van der Waals surface area contributed by atoms with Gasteiger partial charge in [-0.1, -0.05) is 0 Å². The van der Waals surface area contributed by atoms with E-state index in [4.69, 9.17) is 4.74 Å². The first kappa shape index (κ1) is 12.7. The first-order chi connectivity index (χ1) is 8.28. The first-order valence-electron chi connectivity index (χ1n) is 6.00. The van der Waals surface area contributed by atoms with Crippen molar-refractivity contribution in [3.05, 3.63) is 22.3 Å². The van der Waals surface area contributed by atoms with E-state index < -0.39 is 11.6 Å². The van der Waals surface area contributed by atoms with Gasteiger partial charge in [0.25, 0.3) is 0 Å². The zero-order valence-electron chi connectivity index (χ0n) is 11.1. The van der Waals surface area contributed by atoms with Crippen molar-refractivity contribution in [3.63, 3.8) is 0 Å². The van der Waals surface area contributed by atoms with Gasteiger partial charge in [-0.3, -0.25) is 0 Å². The van der Waals surface area contributed by atoms with E-state index in [1.54, 1.807) is 6.92 Å². The normalized spacial score (nSPS) is 22.2. The summed E-state index contributed by atoms with van der Waals surface area (Å²) in [5, 5.41) is 21.1. The molecule has 98 valence electrons. The van der Waals surface area contributed by atoms with Gasteiger partial charge in [-0.2, -0.15) is 0 Å². The molecule has 1 atom stereocenters. The Morgan fingerprint density at radius 3 is 2.44 bits per heavy atom. The number of carboxylic acid groups (broad SMARTS) is 1. The number of carbonyl (C=O) groups excluding carboxylic acids is 1. The van der Waals surface area contributed by atoms with Crippen LogP contribution in [-0.2, 0) is 11.2 Å². The molecular weight excluding hydrogens is 232 g/mol. The fraction of sp³-hybridized carbons (Fsp3) is 0.500. The lowest BCUT2D eigenvalue weighted by Gasteiger charge is -2.38. The van der Waals surface area contributed by atoms with Crippen LogP contribution < -0.4 is 9.84 Å². The summed E-state index contributed by atoms with van der Waals surface area (Å²) in [5.74, 6) is -0.344. The molecule has 1 aliphatic rings. The third-order valence-electron chi connectivity index (χ3n) is 3.95. The number of hydrogen-bond acceptors (Lipinski definition) is 4. The Morgan fingerprint density at radius 1 is 1.28 bits per heavy atom. The predicted octanol–water partition coefficient (Wildman–Crippen LogP) is 1.15. The Hall–Kier alpha value is -1.71. The fourth-order valence-electron chi connectivity index (χ4n) is 2.39. The molecule has 1 heterocycles. The second-order valence-electron chi connectivity index (χ2n) is 5.15. The van der Waals surface area contributed by atoms with Crippen LogP contribution in [0.3, 0.4) is 0 Å². The van der Waals surface area contributed by atoms with Crippen LogP contribution in [0.1, 0.15) is 35.6 Å². The number of benzene rings is 1. The second-order valence-corrected chi connectivity index (χ2v) is 5.15. The number of fused-ring (bicyclic) bond motifs is 1. The standard InChI is InChI=1S/C14H18O4/c1-7-8(2)12-10(9(3)11(7)15)5-6-14(4,18-12)13(16)17/h15H,5-6H2,1-4H3,(H,16,17)/p-1/t14-/m0/s1. The van der Waals surface area contributed by atoms with Crippen LogP contribution in [0.25, 0.3) is 0 Å². The molecule has 4 heteroatoms. The predicted molar refractivity (Wildman–Crippen MR) is 64.7 cm³/mol. The summed E-state index contributed by atoms with van der Waals surface area (Å²) in [6, 6.07) is 0. The minimum absolute atomic E-state index is 0.270. The molecule has 0 aromatic heterocycles. The van der Waals surface area contributed by atoms with Gasteiger partial charge >= 0.3 is 0 Å². The van der Waals surface area contributed by atoms with E-state index in [2.05, 4.69) is 0 Å². The van der Waals surface area contributed by atoms with Gasteiger partial charge in [-0.25, -0.2) is 0 Å². The Bertz CT molecular complexity index is 533. The number of ether oxygens (including phenoxy) is 1. The average molecular weight is 249 g/mol. The fourth-order valence-corrected chi connectivity index (χ4v) is 2.39. The maximum Gasteiger partial charge on any atom is 0.146 e. The van der Waals surface area contributed by atoms with Crippen LogP contribution in [0, 0.1) is 20.8 Å². The Kier molecular flexibility index (Phi) is 2.76. The zero-order valence-corrected chi connectivity index (χ0v) is 11.1. The molecule has 18 heavy (non-hydrogen) atoms. The first-order valence-corrected chi connectivity index (χ1v) is 6.00. The summed E-state index contributed by atoms with van der Waals surface area (Å²) < 4.78 is 5.66. The molecule has 2 rings (SSSR count). The molecule has 0 spiro atoms. The van der Waals surface area contributed by atoms with E-state index in [1.165, 1.54) is 6.92 Å². The molecule has 0 saturated carbocycles. The summed E-state index contributed by atoms with van der Waals surface area (Å²) >= 11 is 0. The highest BCUT2D eigenvalue weighted by molar-refractivity contribution is 5.76. The van der Waals surface area contributed by atoms with E-state index in [0.717, 1.165) is 22.3 Å². The Balaban J connectivity index is 2.61. The molecule has 0 unspecified atom stereocenters. The molecule has 1 aromatic rings. The van der Waals surface area contributed by atoms with Crippen LogP contribution in [0.4, 0.5) is 0 Å². The van der Waals surface area contributed by atoms with Gasteiger partial charge in [0.15, 0.2) is 0 Å². The quantitative estimate of drug-likeness (QED) is 0.810. The highest BCUT2D eigenvalue weighted by Crippen LogP contribution is 2.43. The van der Waals surface area contributed by atoms with Crippen LogP contribution >= 0.6 is 0 Å². The van der Waals surface area contributed by atoms with Crippen molar-refractivity contribution >= 4 is 5.97 Å². The number of aliphatic carboxylic acids is 1. The van der Waals surface area contributed by atoms with Crippen molar-refractivity contribution in [2.45, 2.75) is 46.1 Å². The van der Waals surface area contributed by atoms with E-state index in [1.807, 2.05) is 13.8 Å². The number of aromatic hydroxyl groups is 1. The van der Waals surface area contributed by atoms with E-state index in [-0.39, 0.29) is 5.75 Å². The molecule has 0 bridgehead atoms. The van der Waals surface area contributed by atoms with Gasteiger partial charge in [0.2, 0.25) is 0 Å². The van der Waals surface area contributed by atoms with Gasteiger partial charge in [-0.05, 0) is 57.2 Å². The summed E-state index contributed by atoms with van der Waals surface area (Å²) in [4.78, 5) is 11.1. The number of phenolic OH excluding ortho intramolecular Hbond substituents is 1. The SMILES string of the molecule is Cc1c(C)c2c(c(C)c1O)CC[C@@](C)(C(=O)[O-])O2. The third-order valence-corrected chi connectivity index (χ3v) is 3.95. The summed E-state index contributed by atoms with van der Waals surface area (Å²) in [7, 11) is 0. The molecule has 0 radical (unpaired) electrons. The smallest absolute Gasteiger partial charge is 0.146 e. The van der Waals surface area contributed by atoms with Crippen LogP contribution in [-0.4, -0.2) is 16.7 Å². The minimum atomic E-state index is -1.28. The van der Waals surface area contributed by atoms with Crippen molar-refractivity contribution in [2.24, 2.45) is 0 Å². The lowest BCUT2D eigenvalue weighted by Crippen LogP contribution is -2.52. The molecule has 1 aliphatic heterocycles. The zero-order chi connectivity index (χ0) is 13.7. The van der Waals surface area contributed by atoms with E-state index in [0.29, 0.717) is 18.6 Å². The highest BCUT2D eigenvalue weighted by atomic mass is 16.5. The van der Waals surface area contributed by atoms with Crippen LogP contribution in [0.15, 0.2) is 0 Å². The second kappa shape index (κ2) is 3.90. The monoisotopic (exact) mass is 249 g/mol. The molecular formula is C14H17O4-. The van der Waals surface area contributed by atoms with Gasteiger partial charge in [-0.15, -0.1) is 0 Å². The van der Waals surface area contributed by atoms with Crippen molar-refractivity contribution in [1.82, 2.24) is 0 Å². The van der Waals surface area contributed by atoms with E-state index >= 15 is 0 Å². The summed E-state index contributed by atoms with van der Waals surface area (Å²) in [5.41, 5.74) is 1.91. The lowest BCUT2D eigenvalue weighted by molar-refractivity contribution is -0.322. The molecule has 0 aliphatic carbocycles. The summed E-state index contributed by atoms with van der Waals surface area (Å²) in [6.45, 7) is 6.98. The van der Waals surface area contributed by atoms with Crippen LogP contribution in [0.5, 0.6) is 11.5 Å². The van der Waals surface area contributed by atoms with E-state index in [9.17, 15) is 15.0 Å². The Labute approximate surface area is 106 Å². The number of rotatable bonds is 1.